The minimum atomic E-state index is -1.03. The van der Waals surface area contributed by atoms with Crippen molar-refractivity contribution in [3.63, 3.8) is 0 Å². The van der Waals surface area contributed by atoms with E-state index in [0.29, 0.717) is 10.8 Å². The molecule has 0 aliphatic rings. The topological polar surface area (TPSA) is 46.5 Å². The van der Waals surface area contributed by atoms with E-state index >= 15 is 0 Å². The van der Waals surface area contributed by atoms with Crippen LogP contribution in [0.3, 0.4) is 0 Å². The Hall–Kier alpha value is -1.96. The average Bonchev–Trinajstić information content (AvgIpc) is 2.72. The number of hydrogen-bond donors (Lipinski definition) is 1. The number of carbonyl (C=O) groups is 1. The Morgan fingerprint density at radius 1 is 1.07 bits per heavy atom. The second-order valence-corrected chi connectivity index (χ2v) is 8.71. The third kappa shape index (κ3) is 6.26. The molecular weight excluding hydrogens is 519 g/mol. The Morgan fingerprint density at radius 2 is 1.79 bits per heavy atom. The third-order valence-electron chi connectivity index (χ3n) is 4.04. The minimum Gasteiger partial charge on any atom is -0.480 e. The Balaban J connectivity index is 1.78. The molecule has 0 heterocycles. The first kappa shape index (κ1) is 21.7. The summed E-state index contributed by atoms with van der Waals surface area (Å²) in [6.07, 6.45) is 2.22. The van der Waals surface area contributed by atoms with Gasteiger partial charge in [0.05, 0.1) is 5.02 Å². The molecule has 0 fully saturated rings. The summed E-state index contributed by atoms with van der Waals surface area (Å²) in [5.41, 5.74) is 3.57. The lowest BCUT2D eigenvalue weighted by atomic mass is 9.98. The van der Waals surface area contributed by atoms with Crippen molar-refractivity contribution in [2.45, 2.75) is 4.90 Å². The van der Waals surface area contributed by atoms with Gasteiger partial charge in [-0.05, 0) is 63.6 Å². The van der Waals surface area contributed by atoms with Crippen LogP contribution in [0, 0.1) is 3.57 Å². The molecule has 0 aliphatic heterocycles. The van der Waals surface area contributed by atoms with Crippen molar-refractivity contribution in [2.24, 2.45) is 0 Å². The lowest BCUT2D eigenvalue weighted by molar-refractivity contribution is -0.139. The van der Waals surface area contributed by atoms with E-state index in [9.17, 15) is 4.79 Å². The highest BCUT2D eigenvalue weighted by molar-refractivity contribution is 14.1. The fourth-order valence-electron chi connectivity index (χ4n) is 2.73. The van der Waals surface area contributed by atoms with E-state index in [1.807, 2.05) is 30.3 Å². The van der Waals surface area contributed by atoms with Crippen molar-refractivity contribution in [1.82, 2.24) is 0 Å². The second kappa shape index (κ2) is 10.7. The number of carboxylic acids is 1. The summed E-state index contributed by atoms with van der Waals surface area (Å²) < 4.78 is 6.37. The smallest absolute Gasteiger partial charge is 0.341 e. The first-order chi connectivity index (χ1) is 14.0. The van der Waals surface area contributed by atoms with Crippen molar-refractivity contribution in [2.75, 3.05) is 12.4 Å². The number of carboxylic acid groups (broad SMARTS) is 1. The van der Waals surface area contributed by atoms with Gasteiger partial charge in [0.25, 0.3) is 0 Å². The summed E-state index contributed by atoms with van der Waals surface area (Å²) >= 11 is 10.2. The van der Waals surface area contributed by atoms with Crippen LogP contribution in [0.15, 0.2) is 83.8 Å². The molecule has 0 bridgehead atoms. The van der Waals surface area contributed by atoms with Crippen molar-refractivity contribution >= 4 is 57.5 Å². The third-order valence-corrected chi connectivity index (χ3v) is 6.20. The molecule has 0 radical (unpaired) electrons. The van der Waals surface area contributed by atoms with Crippen LogP contribution in [0.5, 0.6) is 5.75 Å². The van der Waals surface area contributed by atoms with Crippen LogP contribution in [-0.4, -0.2) is 23.4 Å². The van der Waals surface area contributed by atoms with E-state index in [4.69, 9.17) is 21.4 Å². The number of benzene rings is 3. The monoisotopic (exact) mass is 536 g/mol. The minimum absolute atomic E-state index is 0.373. The van der Waals surface area contributed by atoms with Gasteiger partial charge in [0, 0.05) is 14.2 Å². The van der Waals surface area contributed by atoms with Gasteiger partial charge in [-0.1, -0.05) is 66.2 Å². The summed E-state index contributed by atoms with van der Waals surface area (Å²) in [6.45, 7) is -0.412. The molecule has 29 heavy (non-hydrogen) atoms. The van der Waals surface area contributed by atoms with Gasteiger partial charge in [-0.2, -0.15) is 0 Å². The maximum absolute atomic E-state index is 10.6. The van der Waals surface area contributed by atoms with E-state index in [0.717, 1.165) is 10.6 Å². The van der Waals surface area contributed by atoms with E-state index in [2.05, 4.69) is 59.0 Å². The normalized spacial score (nSPS) is 11.3. The van der Waals surface area contributed by atoms with Gasteiger partial charge < -0.3 is 9.84 Å². The lowest BCUT2D eigenvalue weighted by Crippen LogP contribution is -2.09. The predicted octanol–water partition coefficient (Wildman–Crippen LogP) is 6.63. The summed E-state index contributed by atoms with van der Waals surface area (Å²) in [4.78, 5) is 11.6. The molecular formula is C23H18ClIO3S. The predicted molar refractivity (Wildman–Crippen MR) is 128 cm³/mol. The van der Waals surface area contributed by atoms with Gasteiger partial charge in [0.2, 0.25) is 0 Å². The highest BCUT2D eigenvalue weighted by Crippen LogP contribution is 2.32. The zero-order valence-electron chi connectivity index (χ0n) is 15.3. The van der Waals surface area contributed by atoms with E-state index < -0.39 is 12.6 Å². The highest BCUT2D eigenvalue weighted by Gasteiger charge is 2.09. The average molecular weight is 537 g/mol. The first-order valence-corrected chi connectivity index (χ1v) is 11.3. The zero-order valence-corrected chi connectivity index (χ0v) is 19.1. The van der Waals surface area contributed by atoms with E-state index in [-0.39, 0.29) is 0 Å². The van der Waals surface area contributed by atoms with Crippen LogP contribution < -0.4 is 4.74 Å². The molecule has 6 heteroatoms. The molecule has 0 aliphatic carbocycles. The van der Waals surface area contributed by atoms with Gasteiger partial charge in [-0.15, -0.1) is 11.8 Å². The van der Waals surface area contributed by atoms with Gasteiger partial charge >= 0.3 is 5.97 Å². The number of aliphatic carboxylic acids is 1. The first-order valence-electron chi connectivity index (χ1n) is 8.82. The Morgan fingerprint density at radius 3 is 2.48 bits per heavy atom. The van der Waals surface area contributed by atoms with Crippen molar-refractivity contribution in [3.8, 4) is 5.75 Å². The molecule has 3 aromatic carbocycles. The molecule has 3 rings (SSSR count). The van der Waals surface area contributed by atoms with Gasteiger partial charge in [0.15, 0.2) is 6.61 Å². The number of thioether (sulfide) groups is 1. The Bertz CT molecular complexity index is 1020. The summed E-state index contributed by atoms with van der Waals surface area (Å²) in [5.74, 6) is 0.104. The van der Waals surface area contributed by atoms with Crippen molar-refractivity contribution in [3.05, 3.63) is 98.6 Å². The lowest BCUT2D eigenvalue weighted by Gasteiger charge is -2.11. The van der Waals surface area contributed by atoms with Crippen LogP contribution in [-0.2, 0) is 4.79 Å². The number of hydrogen-bond acceptors (Lipinski definition) is 3. The Labute approximate surface area is 192 Å². The highest BCUT2D eigenvalue weighted by atomic mass is 127. The maximum atomic E-state index is 10.6. The molecule has 1 N–H and O–H groups in total. The second-order valence-electron chi connectivity index (χ2n) is 6.05. The van der Waals surface area contributed by atoms with Crippen molar-refractivity contribution < 1.29 is 14.6 Å². The van der Waals surface area contributed by atoms with Crippen LogP contribution >= 0.6 is 46.0 Å². The molecule has 0 aromatic heterocycles. The molecule has 0 atom stereocenters. The quantitative estimate of drug-likeness (QED) is 0.259. The van der Waals surface area contributed by atoms with E-state index in [1.54, 1.807) is 23.9 Å². The van der Waals surface area contributed by atoms with Crippen LogP contribution in [0.2, 0.25) is 5.02 Å². The van der Waals surface area contributed by atoms with Crippen LogP contribution in [0.25, 0.3) is 5.57 Å². The van der Waals surface area contributed by atoms with Gasteiger partial charge in [-0.3, -0.25) is 0 Å². The molecule has 0 spiro atoms. The maximum Gasteiger partial charge on any atom is 0.341 e. The summed E-state index contributed by atoms with van der Waals surface area (Å²) in [6, 6.07) is 24.1. The number of halogens is 2. The Kier molecular flexibility index (Phi) is 8.03. The summed E-state index contributed by atoms with van der Waals surface area (Å²) in [5, 5.41) is 9.12. The van der Waals surface area contributed by atoms with E-state index in [1.165, 1.54) is 20.3 Å². The number of rotatable bonds is 8. The molecule has 0 saturated heterocycles. The molecule has 3 nitrogen and oxygen atoms in total. The van der Waals surface area contributed by atoms with Gasteiger partial charge in [0.1, 0.15) is 5.75 Å². The molecule has 0 saturated carbocycles. The van der Waals surface area contributed by atoms with Crippen LogP contribution in [0.4, 0.5) is 0 Å². The standard InChI is InChI=1S/C23H18ClIO3S/c24-20-14-17(10-11-22(20)28-15-23(26)27)29-13-12-18(16-6-2-1-3-7-16)19-8-4-5-9-21(19)25/h1-12,14H,13,15H2,(H,26,27)/b18-12-. The molecule has 0 amide bonds. The molecule has 3 aromatic rings. The van der Waals surface area contributed by atoms with Crippen molar-refractivity contribution in [1.29, 1.82) is 0 Å². The largest absolute Gasteiger partial charge is 0.480 e. The van der Waals surface area contributed by atoms with Crippen LogP contribution in [0.1, 0.15) is 11.1 Å². The summed E-state index contributed by atoms with van der Waals surface area (Å²) in [7, 11) is 0. The fraction of sp³-hybridized carbons (Fsp3) is 0.0870. The molecule has 0 unspecified atom stereocenters. The fourth-order valence-corrected chi connectivity index (χ4v) is 4.52. The molecule has 148 valence electrons. The number of ether oxygens (including phenoxy) is 1. The zero-order chi connectivity index (χ0) is 20.6. The SMILES string of the molecule is O=C(O)COc1ccc(SC/C=C(/c2ccccc2)c2ccccc2I)cc1Cl. The van der Waals surface area contributed by atoms with Gasteiger partial charge in [-0.25, -0.2) is 4.79 Å².